The Hall–Kier alpha value is -2.43. The first-order valence-electron chi connectivity index (χ1n) is 10.6. The number of nitrogens with zero attached hydrogens (tertiary/aromatic N) is 2. The molecule has 29 heavy (non-hydrogen) atoms. The number of H-pyrrole nitrogens is 1. The van der Waals surface area contributed by atoms with E-state index in [1.54, 1.807) is 0 Å². The van der Waals surface area contributed by atoms with Crippen molar-refractivity contribution >= 4 is 5.91 Å². The van der Waals surface area contributed by atoms with E-state index in [0.29, 0.717) is 49.7 Å². The van der Waals surface area contributed by atoms with Gasteiger partial charge < -0.3 is 9.88 Å². The summed E-state index contributed by atoms with van der Waals surface area (Å²) in [6.07, 6.45) is 2.79. The second kappa shape index (κ2) is 8.52. The van der Waals surface area contributed by atoms with E-state index in [0.717, 1.165) is 17.7 Å². The van der Waals surface area contributed by atoms with Gasteiger partial charge in [0.2, 0.25) is 5.91 Å². The van der Waals surface area contributed by atoms with Crippen LogP contribution in [0.25, 0.3) is 0 Å². The van der Waals surface area contributed by atoms with Crippen molar-refractivity contribution in [2.24, 2.45) is 11.3 Å². The van der Waals surface area contributed by atoms with E-state index >= 15 is 0 Å². The van der Waals surface area contributed by atoms with Gasteiger partial charge in [-0.05, 0) is 35.8 Å². The molecule has 1 aliphatic heterocycles. The van der Waals surface area contributed by atoms with Gasteiger partial charge in [0.1, 0.15) is 5.82 Å². The number of rotatable bonds is 5. The molecule has 1 aliphatic rings. The molecule has 0 saturated carbocycles. The smallest absolute Gasteiger partial charge is 0.256 e. The van der Waals surface area contributed by atoms with Gasteiger partial charge in [0.15, 0.2) is 0 Å². The van der Waals surface area contributed by atoms with Crippen LogP contribution >= 0.6 is 0 Å². The Kier molecular flexibility index (Phi) is 6.25. The standard InChI is InChI=1S/C24H33N3O2/c1-16(14-24(3,4)5)12-22(28)27-11-10-20-19(15-27)23(29)26-21(25-20)13-18-9-7-6-8-17(18)2/h6-9,16H,10-15H2,1-5H3,(H,25,26,29)/t16-/m0/s1. The van der Waals surface area contributed by atoms with Gasteiger partial charge in [-0.15, -0.1) is 0 Å². The molecule has 0 spiro atoms. The zero-order valence-corrected chi connectivity index (χ0v) is 18.3. The van der Waals surface area contributed by atoms with Crippen LogP contribution in [0, 0.1) is 18.3 Å². The lowest BCUT2D eigenvalue weighted by Gasteiger charge is -2.30. The number of aromatic nitrogens is 2. The molecule has 1 atom stereocenters. The third kappa shape index (κ3) is 5.55. The molecule has 1 amide bonds. The highest BCUT2D eigenvalue weighted by atomic mass is 16.2. The van der Waals surface area contributed by atoms with Gasteiger partial charge in [0.25, 0.3) is 5.56 Å². The summed E-state index contributed by atoms with van der Waals surface area (Å²) in [4.78, 5) is 34.9. The number of aryl methyl sites for hydroxylation is 1. The van der Waals surface area contributed by atoms with Crippen LogP contribution in [0.2, 0.25) is 0 Å². The summed E-state index contributed by atoms with van der Waals surface area (Å²) < 4.78 is 0. The molecule has 5 heteroatoms. The van der Waals surface area contributed by atoms with Gasteiger partial charge in [0.05, 0.1) is 17.8 Å². The van der Waals surface area contributed by atoms with Crippen molar-refractivity contribution in [3.63, 3.8) is 0 Å². The van der Waals surface area contributed by atoms with Crippen molar-refractivity contribution < 1.29 is 4.79 Å². The molecule has 2 heterocycles. The Morgan fingerprint density at radius 1 is 1.28 bits per heavy atom. The molecule has 0 fully saturated rings. The summed E-state index contributed by atoms with van der Waals surface area (Å²) >= 11 is 0. The van der Waals surface area contributed by atoms with Gasteiger partial charge in [0, 0.05) is 25.8 Å². The van der Waals surface area contributed by atoms with E-state index in [1.807, 2.05) is 17.0 Å². The maximum absolute atomic E-state index is 12.8. The number of benzene rings is 1. The van der Waals surface area contributed by atoms with Gasteiger partial charge in [-0.1, -0.05) is 52.0 Å². The summed E-state index contributed by atoms with van der Waals surface area (Å²) in [5.74, 6) is 1.16. The number of aromatic amines is 1. The highest BCUT2D eigenvalue weighted by Gasteiger charge is 2.26. The largest absolute Gasteiger partial charge is 0.338 e. The number of nitrogens with one attached hydrogen (secondary N) is 1. The molecule has 1 aromatic carbocycles. The molecular formula is C24H33N3O2. The third-order valence-electron chi connectivity index (χ3n) is 5.57. The van der Waals surface area contributed by atoms with Crippen molar-refractivity contribution in [2.45, 2.75) is 66.8 Å². The molecule has 0 aliphatic carbocycles. The second-order valence-corrected chi connectivity index (χ2v) is 9.68. The topological polar surface area (TPSA) is 66.1 Å². The minimum absolute atomic E-state index is 0.112. The highest BCUT2D eigenvalue weighted by molar-refractivity contribution is 5.76. The molecule has 5 nitrogen and oxygen atoms in total. The average molecular weight is 396 g/mol. The summed E-state index contributed by atoms with van der Waals surface area (Å²) in [7, 11) is 0. The fourth-order valence-corrected chi connectivity index (χ4v) is 4.31. The quantitative estimate of drug-likeness (QED) is 0.832. The molecular weight excluding hydrogens is 362 g/mol. The van der Waals surface area contributed by atoms with Gasteiger partial charge >= 0.3 is 0 Å². The van der Waals surface area contributed by atoms with E-state index < -0.39 is 0 Å². The summed E-state index contributed by atoms with van der Waals surface area (Å²) in [6, 6.07) is 8.14. The van der Waals surface area contributed by atoms with Crippen molar-refractivity contribution in [1.82, 2.24) is 14.9 Å². The van der Waals surface area contributed by atoms with E-state index in [-0.39, 0.29) is 16.9 Å². The third-order valence-corrected chi connectivity index (χ3v) is 5.57. The zero-order chi connectivity index (χ0) is 21.2. The van der Waals surface area contributed by atoms with Gasteiger partial charge in [-0.25, -0.2) is 4.98 Å². The Morgan fingerprint density at radius 3 is 2.69 bits per heavy atom. The monoisotopic (exact) mass is 395 g/mol. The maximum Gasteiger partial charge on any atom is 0.256 e. The molecule has 0 bridgehead atoms. The van der Waals surface area contributed by atoms with Gasteiger partial charge in [-0.3, -0.25) is 9.59 Å². The first-order chi connectivity index (χ1) is 13.6. The van der Waals surface area contributed by atoms with Crippen molar-refractivity contribution in [2.75, 3.05) is 6.54 Å². The number of carbonyl (C=O) groups excluding carboxylic acids is 1. The zero-order valence-electron chi connectivity index (χ0n) is 18.3. The summed E-state index contributed by atoms with van der Waals surface area (Å²) in [5.41, 5.74) is 3.93. The fraction of sp³-hybridized carbons (Fsp3) is 0.542. The first kappa shape index (κ1) is 21.3. The van der Waals surface area contributed by atoms with Crippen LogP contribution in [-0.2, 0) is 24.2 Å². The molecule has 1 aromatic heterocycles. The SMILES string of the molecule is Cc1ccccc1Cc1nc2c(c(=O)[nH]1)CN(C(=O)C[C@H](C)CC(C)(C)C)CC2. The molecule has 0 radical (unpaired) electrons. The van der Waals surface area contributed by atoms with Crippen LogP contribution < -0.4 is 5.56 Å². The number of amides is 1. The molecule has 2 aromatic rings. The van der Waals surface area contributed by atoms with E-state index in [9.17, 15) is 9.59 Å². The predicted octanol–water partition coefficient (Wildman–Crippen LogP) is 4.02. The molecule has 1 N–H and O–H groups in total. The Morgan fingerprint density at radius 2 is 2.00 bits per heavy atom. The van der Waals surface area contributed by atoms with E-state index in [2.05, 4.69) is 51.7 Å². The lowest BCUT2D eigenvalue weighted by molar-refractivity contribution is -0.133. The predicted molar refractivity (Wildman–Crippen MR) is 116 cm³/mol. The van der Waals surface area contributed by atoms with Crippen molar-refractivity contribution in [3.8, 4) is 0 Å². The molecule has 3 rings (SSSR count). The van der Waals surface area contributed by atoms with Crippen LogP contribution in [0.4, 0.5) is 0 Å². The fourth-order valence-electron chi connectivity index (χ4n) is 4.31. The van der Waals surface area contributed by atoms with Gasteiger partial charge in [-0.2, -0.15) is 0 Å². The number of carbonyl (C=O) groups is 1. The van der Waals surface area contributed by atoms with E-state index in [1.165, 1.54) is 5.56 Å². The summed E-state index contributed by atoms with van der Waals surface area (Å²) in [5, 5.41) is 0. The Labute approximate surface area is 173 Å². The van der Waals surface area contributed by atoms with Crippen LogP contribution in [0.1, 0.15) is 68.7 Å². The lowest BCUT2D eigenvalue weighted by atomic mass is 9.84. The van der Waals surface area contributed by atoms with Crippen molar-refractivity contribution in [3.05, 3.63) is 62.8 Å². The Bertz CT molecular complexity index is 940. The minimum Gasteiger partial charge on any atom is -0.338 e. The highest BCUT2D eigenvalue weighted by Crippen LogP contribution is 2.27. The van der Waals surface area contributed by atoms with Crippen LogP contribution in [0.5, 0.6) is 0 Å². The maximum atomic E-state index is 12.8. The summed E-state index contributed by atoms with van der Waals surface area (Å²) in [6.45, 7) is 11.8. The molecule has 0 unspecified atom stereocenters. The average Bonchev–Trinajstić information content (AvgIpc) is 2.62. The molecule has 156 valence electrons. The van der Waals surface area contributed by atoms with Crippen LogP contribution in [0.3, 0.4) is 0 Å². The molecule has 0 saturated heterocycles. The van der Waals surface area contributed by atoms with Crippen molar-refractivity contribution in [1.29, 1.82) is 0 Å². The lowest BCUT2D eigenvalue weighted by Crippen LogP contribution is -2.40. The Balaban J connectivity index is 1.70. The first-order valence-corrected chi connectivity index (χ1v) is 10.6. The van der Waals surface area contributed by atoms with Crippen LogP contribution in [0.15, 0.2) is 29.1 Å². The number of hydrogen-bond acceptors (Lipinski definition) is 3. The van der Waals surface area contributed by atoms with Crippen LogP contribution in [-0.4, -0.2) is 27.3 Å². The normalized spacial score (nSPS) is 15.1. The minimum atomic E-state index is -0.112. The number of hydrogen-bond donors (Lipinski definition) is 1. The second-order valence-electron chi connectivity index (χ2n) is 9.68. The van der Waals surface area contributed by atoms with E-state index in [4.69, 9.17) is 4.98 Å². The number of fused-ring (bicyclic) bond motifs is 1.